The SMILES string of the molecule is CC1(C2(C)N=C3c4ccsc4CCN3C2=O)N=C2c3ccsc3CCN2C1=O. The molecule has 142 valence electrons. The van der Waals surface area contributed by atoms with Gasteiger partial charge in [0, 0.05) is 46.8 Å². The fourth-order valence-electron chi connectivity index (χ4n) is 4.71. The first kappa shape index (κ1) is 16.6. The van der Waals surface area contributed by atoms with E-state index in [0.29, 0.717) is 24.8 Å². The van der Waals surface area contributed by atoms with E-state index in [4.69, 9.17) is 9.98 Å². The zero-order valence-corrected chi connectivity index (χ0v) is 17.2. The van der Waals surface area contributed by atoms with Crippen LogP contribution in [0.4, 0.5) is 0 Å². The molecule has 6 nitrogen and oxygen atoms in total. The number of rotatable bonds is 1. The Morgan fingerprint density at radius 2 is 1.25 bits per heavy atom. The van der Waals surface area contributed by atoms with Gasteiger partial charge >= 0.3 is 0 Å². The summed E-state index contributed by atoms with van der Waals surface area (Å²) in [4.78, 5) is 42.8. The van der Waals surface area contributed by atoms with Crippen molar-refractivity contribution in [3.05, 3.63) is 43.8 Å². The third-order valence-electron chi connectivity index (χ3n) is 6.54. The second-order valence-corrected chi connectivity index (χ2v) is 9.95. The van der Waals surface area contributed by atoms with Crippen LogP contribution < -0.4 is 0 Å². The summed E-state index contributed by atoms with van der Waals surface area (Å²) >= 11 is 3.39. The van der Waals surface area contributed by atoms with Crippen molar-refractivity contribution in [3.8, 4) is 0 Å². The molecule has 0 aliphatic carbocycles. The van der Waals surface area contributed by atoms with Crippen LogP contribution in [0.5, 0.6) is 0 Å². The Balaban J connectivity index is 1.51. The zero-order chi connectivity index (χ0) is 19.3. The van der Waals surface area contributed by atoms with Gasteiger partial charge in [-0.1, -0.05) is 0 Å². The van der Waals surface area contributed by atoms with E-state index in [1.807, 2.05) is 22.9 Å². The van der Waals surface area contributed by atoms with Gasteiger partial charge in [0.25, 0.3) is 11.8 Å². The minimum atomic E-state index is -1.23. The van der Waals surface area contributed by atoms with Gasteiger partial charge in [-0.05, 0) is 36.7 Å². The number of aliphatic imine (C=N–C) groups is 2. The molecule has 28 heavy (non-hydrogen) atoms. The van der Waals surface area contributed by atoms with E-state index in [-0.39, 0.29) is 11.8 Å². The first-order valence-electron chi connectivity index (χ1n) is 9.41. The topological polar surface area (TPSA) is 65.3 Å². The molecule has 2 unspecified atom stereocenters. The fourth-order valence-corrected chi connectivity index (χ4v) is 6.44. The molecule has 6 heterocycles. The maximum atomic E-state index is 13.5. The molecule has 2 amide bonds. The van der Waals surface area contributed by atoms with E-state index in [1.54, 1.807) is 46.3 Å². The molecule has 0 bridgehead atoms. The average molecular weight is 411 g/mol. The first-order valence-corrected chi connectivity index (χ1v) is 11.2. The van der Waals surface area contributed by atoms with Crippen LogP contribution in [0.1, 0.15) is 34.7 Å². The summed E-state index contributed by atoms with van der Waals surface area (Å²) in [5.74, 6) is 1.16. The van der Waals surface area contributed by atoms with Crippen LogP contribution >= 0.6 is 22.7 Å². The lowest BCUT2D eigenvalue weighted by atomic mass is 9.79. The van der Waals surface area contributed by atoms with E-state index >= 15 is 0 Å². The molecule has 0 fully saturated rings. The number of hydrogen-bond donors (Lipinski definition) is 0. The molecule has 2 aromatic heterocycles. The molecule has 4 aliphatic rings. The van der Waals surface area contributed by atoms with Crippen LogP contribution in [0.25, 0.3) is 0 Å². The van der Waals surface area contributed by atoms with Gasteiger partial charge in [0.2, 0.25) is 0 Å². The number of thiophene rings is 2. The summed E-state index contributed by atoms with van der Waals surface area (Å²) in [5.41, 5.74) is -0.423. The van der Waals surface area contributed by atoms with Gasteiger partial charge in [-0.3, -0.25) is 19.4 Å². The number of carbonyl (C=O) groups is 2. The average Bonchev–Trinajstić information content (AvgIpc) is 3.43. The Kier molecular flexibility index (Phi) is 3.08. The molecule has 4 aliphatic heterocycles. The number of hydrogen-bond acceptors (Lipinski definition) is 6. The molecular formula is C20H18N4O2S2. The van der Waals surface area contributed by atoms with Crippen molar-refractivity contribution in [1.29, 1.82) is 0 Å². The van der Waals surface area contributed by atoms with E-state index in [2.05, 4.69) is 0 Å². The van der Waals surface area contributed by atoms with Crippen molar-refractivity contribution in [2.45, 2.75) is 37.8 Å². The first-order chi connectivity index (χ1) is 13.4. The fraction of sp³-hybridized carbons (Fsp3) is 0.400. The van der Waals surface area contributed by atoms with Crippen LogP contribution in [0.2, 0.25) is 0 Å². The maximum Gasteiger partial charge on any atom is 0.258 e. The van der Waals surface area contributed by atoms with E-state index in [9.17, 15) is 9.59 Å². The smallest absolute Gasteiger partial charge is 0.258 e. The number of amidine groups is 2. The standard InChI is InChI=1S/C20H18N4O2S2/c1-19(17(25)23-7-3-13-11(5-9-27-13)15(23)21-19)20(2)18(26)24-8-4-14-12(6-10-28-14)16(24)22-20/h5-6,9-10H,3-4,7-8H2,1-2H3. The largest absolute Gasteiger partial charge is 0.294 e. The molecule has 0 spiro atoms. The molecule has 8 heteroatoms. The predicted octanol–water partition coefficient (Wildman–Crippen LogP) is 2.32. The Hall–Kier alpha value is -2.32. The Labute approximate surface area is 170 Å². The number of nitrogens with zero attached hydrogens (tertiary/aromatic N) is 4. The van der Waals surface area contributed by atoms with Gasteiger partial charge in [0.15, 0.2) is 11.1 Å². The van der Waals surface area contributed by atoms with Crippen LogP contribution in [-0.4, -0.2) is 57.5 Å². The van der Waals surface area contributed by atoms with Gasteiger partial charge < -0.3 is 0 Å². The second kappa shape index (κ2) is 5.18. The van der Waals surface area contributed by atoms with Gasteiger partial charge in [-0.25, -0.2) is 9.98 Å². The van der Waals surface area contributed by atoms with Crippen molar-refractivity contribution in [2.24, 2.45) is 9.98 Å². The van der Waals surface area contributed by atoms with Crippen molar-refractivity contribution in [2.75, 3.05) is 13.1 Å². The number of carbonyl (C=O) groups excluding carboxylic acids is 2. The van der Waals surface area contributed by atoms with Crippen LogP contribution in [0.3, 0.4) is 0 Å². The molecule has 6 rings (SSSR count). The molecule has 2 atom stereocenters. The Bertz CT molecular complexity index is 1040. The highest BCUT2D eigenvalue weighted by Crippen LogP contribution is 2.45. The normalized spacial score (nSPS) is 30.6. The van der Waals surface area contributed by atoms with Crippen molar-refractivity contribution in [3.63, 3.8) is 0 Å². The molecule has 0 aromatic carbocycles. The highest BCUT2D eigenvalue weighted by molar-refractivity contribution is 7.10. The van der Waals surface area contributed by atoms with E-state index in [1.165, 1.54) is 9.75 Å². The van der Waals surface area contributed by atoms with Crippen molar-refractivity contribution in [1.82, 2.24) is 9.80 Å². The zero-order valence-electron chi connectivity index (χ0n) is 15.6. The summed E-state index contributed by atoms with van der Waals surface area (Å²) < 4.78 is 0. The Morgan fingerprint density at radius 3 is 1.68 bits per heavy atom. The maximum absolute atomic E-state index is 13.5. The van der Waals surface area contributed by atoms with Crippen molar-refractivity contribution >= 4 is 46.2 Å². The third-order valence-corrected chi connectivity index (χ3v) is 8.50. The van der Waals surface area contributed by atoms with Gasteiger partial charge in [-0.15, -0.1) is 22.7 Å². The number of fused-ring (bicyclic) bond motifs is 6. The minimum absolute atomic E-state index is 0.120. The molecule has 2 aromatic rings. The lowest BCUT2D eigenvalue weighted by Crippen LogP contribution is -2.60. The second-order valence-electron chi connectivity index (χ2n) is 7.94. The van der Waals surface area contributed by atoms with Crippen molar-refractivity contribution < 1.29 is 9.59 Å². The van der Waals surface area contributed by atoms with E-state index < -0.39 is 11.1 Å². The minimum Gasteiger partial charge on any atom is -0.294 e. The summed E-state index contributed by atoms with van der Waals surface area (Å²) in [5, 5.41) is 4.08. The quantitative estimate of drug-likeness (QED) is 0.724. The summed E-state index contributed by atoms with van der Waals surface area (Å²) in [6, 6.07) is 4.05. The van der Waals surface area contributed by atoms with Gasteiger partial charge in [0.1, 0.15) is 11.7 Å². The van der Waals surface area contributed by atoms with Crippen LogP contribution in [0.15, 0.2) is 32.9 Å². The van der Waals surface area contributed by atoms with Gasteiger partial charge in [0.05, 0.1) is 0 Å². The Morgan fingerprint density at radius 1 is 0.821 bits per heavy atom. The number of amides is 2. The molecule has 0 N–H and O–H groups in total. The third kappa shape index (κ3) is 1.78. The highest BCUT2D eigenvalue weighted by atomic mass is 32.1. The van der Waals surface area contributed by atoms with E-state index in [0.717, 1.165) is 24.0 Å². The van der Waals surface area contributed by atoms with Crippen LogP contribution in [0, 0.1) is 0 Å². The molecule has 0 saturated carbocycles. The predicted molar refractivity (Wildman–Crippen MR) is 109 cm³/mol. The van der Waals surface area contributed by atoms with Gasteiger partial charge in [-0.2, -0.15) is 0 Å². The monoisotopic (exact) mass is 410 g/mol. The molecule has 0 saturated heterocycles. The molecule has 0 radical (unpaired) electrons. The summed E-state index contributed by atoms with van der Waals surface area (Å²) in [6.45, 7) is 4.78. The molecular weight excluding hydrogens is 392 g/mol. The van der Waals surface area contributed by atoms with Crippen LogP contribution in [-0.2, 0) is 22.4 Å². The lowest BCUT2D eigenvalue weighted by molar-refractivity contribution is -0.141. The summed E-state index contributed by atoms with van der Waals surface area (Å²) in [6.07, 6.45) is 1.66. The summed E-state index contributed by atoms with van der Waals surface area (Å²) in [7, 11) is 0. The lowest BCUT2D eigenvalue weighted by Gasteiger charge is -2.34. The highest BCUT2D eigenvalue weighted by Gasteiger charge is 2.65.